The van der Waals surface area contributed by atoms with Crippen LogP contribution in [-0.2, 0) is 4.79 Å². The molecule has 0 saturated heterocycles. The summed E-state index contributed by atoms with van der Waals surface area (Å²) in [6, 6.07) is 0. The van der Waals surface area contributed by atoms with Crippen LogP contribution in [0.15, 0.2) is 0 Å². The summed E-state index contributed by atoms with van der Waals surface area (Å²) in [7, 11) is 1.34. The third-order valence-corrected chi connectivity index (χ3v) is 3.40. The Balaban J connectivity index is 3.50. The van der Waals surface area contributed by atoms with Gasteiger partial charge < -0.3 is 9.47 Å². The lowest BCUT2D eigenvalue weighted by molar-refractivity contribution is -0.132. The number of carbonyl (C=O) groups is 1. The Morgan fingerprint density at radius 1 is 0.938 bits per heavy atom. The van der Waals surface area contributed by atoms with E-state index < -0.39 is 5.97 Å². The van der Waals surface area contributed by atoms with Crippen molar-refractivity contribution in [2.24, 2.45) is 0 Å². The second-order valence-corrected chi connectivity index (χ2v) is 4.22. The third kappa shape index (κ3) is 2.48. The molecule has 88 valence electrons. The summed E-state index contributed by atoms with van der Waals surface area (Å²) in [6.45, 7) is 1.21. The van der Waals surface area contributed by atoms with Crippen molar-refractivity contribution in [3.05, 3.63) is 20.1 Å². The van der Waals surface area contributed by atoms with E-state index in [1.165, 1.54) is 14.0 Å². The van der Waals surface area contributed by atoms with Crippen LogP contribution in [0.3, 0.4) is 0 Å². The van der Waals surface area contributed by atoms with Gasteiger partial charge in [-0.05, 0) is 0 Å². The lowest BCUT2D eigenvalue weighted by Gasteiger charge is -2.13. The molecule has 0 saturated carbocycles. The zero-order chi connectivity index (χ0) is 12.5. The van der Waals surface area contributed by atoms with Crippen molar-refractivity contribution in [3.8, 4) is 11.5 Å². The van der Waals surface area contributed by atoms with Gasteiger partial charge in [0, 0.05) is 6.92 Å². The highest BCUT2D eigenvalue weighted by Gasteiger charge is 2.23. The number of hydrogen-bond acceptors (Lipinski definition) is 3. The first-order valence-corrected chi connectivity index (χ1v) is 5.49. The summed E-state index contributed by atoms with van der Waals surface area (Å²) in [5.74, 6) is -0.554. The number of benzene rings is 1. The van der Waals surface area contributed by atoms with Crippen molar-refractivity contribution < 1.29 is 14.3 Å². The van der Waals surface area contributed by atoms with Gasteiger partial charge in [0.25, 0.3) is 0 Å². The highest BCUT2D eigenvalue weighted by molar-refractivity contribution is 6.53. The van der Waals surface area contributed by atoms with Crippen LogP contribution >= 0.6 is 46.4 Å². The molecule has 0 aliphatic heterocycles. The largest absolute Gasteiger partial charge is 0.491 e. The number of ether oxygens (including phenoxy) is 2. The van der Waals surface area contributed by atoms with Crippen LogP contribution in [0.1, 0.15) is 6.92 Å². The number of hydrogen-bond donors (Lipinski definition) is 0. The van der Waals surface area contributed by atoms with Crippen molar-refractivity contribution in [1.29, 1.82) is 0 Å². The van der Waals surface area contributed by atoms with Crippen molar-refractivity contribution in [3.63, 3.8) is 0 Å². The molecule has 0 N–H and O–H groups in total. The van der Waals surface area contributed by atoms with Crippen molar-refractivity contribution in [2.45, 2.75) is 6.92 Å². The summed E-state index contributed by atoms with van der Waals surface area (Å²) < 4.78 is 9.82. The molecular formula is C9H6Cl4O3. The van der Waals surface area contributed by atoms with Crippen molar-refractivity contribution in [2.75, 3.05) is 7.11 Å². The maximum atomic E-state index is 10.9. The number of methoxy groups -OCH3 is 1. The molecule has 0 radical (unpaired) electrons. The van der Waals surface area contributed by atoms with E-state index in [0.717, 1.165) is 0 Å². The molecule has 0 aromatic heterocycles. The summed E-state index contributed by atoms with van der Waals surface area (Å²) in [6.07, 6.45) is 0. The van der Waals surface area contributed by atoms with Crippen LogP contribution < -0.4 is 9.47 Å². The van der Waals surface area contributed by atoms with Crippen molar-refractivity contribution >= 4 is 52.4 Å². The van der Waals surface area contributed by atoms with Gasteiger partial charge in [-0.15, -0.1) is 0 Å². The van der Waals surface area contributed by atoms with Gasteiger partial charge in [-0.3, -0.25) is 4.79 Å². The molecule has 3 nitrogen and oxygen atoms in total. The van der Waals surface area contributed by atoms with E-state index in [2.05, 4.69) is 0 Å². The van der Waals surface area contributed by atoms with Gasteiger partial charge in [-0.1, -0.05) is 46.4 Å². The fourth-order valence-electron chi connectivity index (χ4n) is 1.01. The van der Waals surface area contributed by atoms with E-state index in [9.17, 15) is 4.79 Å². The summed E-state index contributed by atoms with van der Waals surface area (Å²) in [5, 5.41) is 0.0596. The standard InChI is InChI=1S/C9H6Cl4O3/c1-3(14)16-9-7(13)5(11)4(10)6(12)8(9)15-2/h1-2H3. The van der Waals surface area contributed by atoms with Crippen LogP contribution in [-0.4, -0.2) is 13.1 Å². The van der Waals surface area contributed by atoms with Gasteiger partial charge >= 0.3 is 5.97 Å². The van der Waals surface area contributed by atoms with Crippen LogP contribution in [0, 0.1) is 0 Å². The van der Waals surface area contributed by atoms with Crippen molar-refractivity contribution in [1.82, 2.24) is 0 Å². The van der Waals surface area contributed by atoms with Gasteiger partial charge in [0.15, 0.2) is 11.5 Å². The number of carbonyl (C=O) groups excluding carboxylic acids is 1. The van der Waals surface area contributed by atoms with E-state index in [-0.39, 0.29) is 31.6 Å². The lowest BCUT2D eigenvalue weighted by Crippen LogP contribution is -2.04. The molecule has 0 spiro atoms. The Morgan fingerprint density at radius 3 is 1.75 bits per heavy atom. The number of esters is 1. The molecule has 0 unspecified atom stereocenters. The van der Waals surface area contributed by atoms with Gasteiger partial charge in [0.1, 0.15) is 10.0 Å². The highest BCUT2D eigenvalue weighted by atomic mass is 35.5. The fraction of sp³-hybridized carbons (Fsp3) is 0.222. The van der Waals surface area contributed by atoms with Gasteiger partial charge in [-0.25, -0.2) is 0 Å². The monoisotopic (exact) mass is 302 g/mol. The maximum Gasteiger partial charge on any atom is 0.308 e. The molecule has 1 aromatic carbocycles. The second-order valence-electron chi connectivity index (χ2n) is 2.71. The molecule has 16 heavy (non-hydrogen) atoms. The number of rotatable bonds is 2. The van der Waals surface area contributed by atoms with Gasteiger partial charge in [0.05, 0.1) is 17.2 Å². The SMILES string of the molecule is COc1c(Cl)c(Cl)c(Cl)c(Cl)c1OC(C)=O. The van der Waals surface area contributed by atoms with E-state index in [1.807, 2.05) is 0 Å². The number of halogens is 4. The molecule has 0 heterocycles. The minimum absolute atomic E-state index is 0.00498. The molecule has 0 fully saturated rings. The zero-order valence-corrected chi connectivity index (χ0v) is 11.3. The summed E-state index contributed by atoms with van der Waals surface area (Å²) >= 11 is 23.3. The Hall–Kier alpha value is -0.350. The quantitative estimate of drug-likeness (QED) is 0.355. The Kier molecular flexibility index (Phi) is 4.56. The molecule has 0 aliphatic carbocycles. The molecule has 1 rings (SSSR count). The predicted octanol–water partition coefficient (Wildman–Crippen LogP) is 4.23. The summed E-state index contributed by atoms with van der Waals surface area (Å²) in [5.41, 5.74) is 0. The first-order valence-electron chi connectivity index (χ1n) is 3.98. The molecule has 7 heteroatoms. The summed E-state index contributed by atoms with van der Waals surface area (Å²) in [4.78, 5) is 10.9. The molecule has 0 atom stereocenters. The second kappa shape index (κ2) is 5.32. The van der Waals surface area contributed by atoms with Crippen LogP contribution in [0.2, 0.25) is 20.1 Å². The normalized spacial score (nSPS) is 10.1. The predicted molar refractivity (Wildman–Crippen MR) is 64.3 cm³/mol. The van der Waals surface area contributed by atoms with E-state index >= 15 is 0 Å². The first kappa shape index (κ1) is 13.7. The fourth-order valence-corrected chi connectivity index (χ4v) is 1.94. The maximum absolute atomic E-state index is 10.9. The van der Waals surface area contributed by atoms with E-state index in [4.69, 9.17) is 55.9 Å². The molecular weight excluding hydrogens is 298 g/mol. The Labute approximate surface area is 112 Å². The average Bonchev–Trinajstić information content (AvgIpc) is 2.23. The molecule has 0 bridgehead atoms. The smallest absolute Gasteiger partial charge is 0.308 e. The van der Waals surface area contributed by atoms with Gasteiger partial charge in [-0.2, -0.15) is 0 Å². The van der Waals surface area contributed by atoms with E-state index in [1.54, 1.807) is 0 Å². The van der Waals surface area contributed by atoms with Crippen LogP contribution in [0.25, 0.3) is 0 Å². The molecule has 0 amide bonds. The Bertz CT molecular complexity index is 445. The minimum atomic E-state index is -0.574. The van der Waals surface area contributed by atoms with Crippen LogP contribution in [0.4, 0.5) is 0 Å². The van der Waals surface area contributed by atoms with E-state index in [0.29, 0.717) is 0 Å². The average molecular weight is 304 g/mol. The first-order chi connectivity index (χ1) is 7.40. The topological polar surface area (TPSA) is 35.5 Å². The molecule has 0 aliphatic rings. The minimum Gasteiger partial charge on any atom is -0.491 e. The zero-order valence-electron chi connectivity index (χ0n) is 8.24. The Morgan fingerprint density at radius 2 is 1.38 bits per heavy atom. The third-order valence-electron chi connectivity index (χ3n) is 1.63. The van der Waals surface area contributed by atoms with Gasteiger partial charge in [0.2, 0.25) is 0 Å². The highest BCUT2D eigenvalue weighted by Crippen LogP contribution is 2.50. The van der Waals surface area contributed by atoms with Crippen LogP contribution in [0.5, 0.6) is 11.5 Å². The lowest BCUT2D eigenvalue weighted by atomic mass is 10.3. The molecule has 1 aromatic rings.